The molecule has 0 amide bonds. The highest BCUT2D eigenvalue weighted by Gasteiger charge is 2.07. The average Bonchev–Trinajstić information content (AvgIpc) is 2.68. The lowest BCUT2D eigenvalue weighted by molar-refractivity contribution is 0.0702. The van der Waals surface area contributed by atoms with Crippen LogP contribution in [-0.4, -0.2) is 16.1 Å². The molecule has 2 aromatic heterocycles. The summed E-state index contributed by atoms with van der Waals surface area (Å²) in [6.07, 6.45) is 3.41. The highest BCUT2D eigenvalue weighted by atomic mass is 35.5. The van der Waals surface area contributed by atoms with Crippen molar-refractivity contribution in [1.29, 1.82) is 0 Å². The molecule has 0 atom stereocenters. The van der Waals surface area contributed by atoms with Crippen molar-refractivity contribution < 1.29 is 9.90 Å². The summed E-state index contributed by atoms with van der Waals surface area (Å²) in [5.41, 5.74) is 0.949. The molecule has 0 aliphatic rings. The predicted octanol–water partition coefficient (Wildman–Crippen LogP) is 2.93. The van der Waals surface area contributed by atoms with Crippen molar-refractivity contribution in [2.24, 2.45) is 0 Å². The number of pyridine rings is 1. The van der Waals surface area contributed by atoms with Crippen LogP contribution in [0, 0.1) is 0 Å². The molecule has 0 spiro atoms. The molecule has 0 aromatic carbocycles. The molecular weight excluding hydrogens is 234 g/mol. The largest absolute Gasteiger partial charge is 0.477 e. The number of nitrogens with zero attached hydrogens (tertiary/aromatic N) is 1. The van der Waals surface area contributed by atoms with Gasteiger partial charge in [0, 0.05) is 22.8 Å². The molecule has 2 rings (SSSR count). The number of hydrogen-bond acceptors (Lipinski definition) is 3. The maximum absolute atomic E-state index is 10.6. The van der Waals surface area contributed by atoms with Gasteiger partial charge in [-0.2, -0.15) is 0 Å². The Balaban J connectivity index is 0.00000112. The van der Waals surface area contributed by atoms with E-state index in [9.17, 15) is 4.79 Å². The first-order valence-electron chi connectivity index (χ1n) is 4.01. The molecule has 3 nitrogen and oxygen atoms in total. The van der Waals surface area contributed by atoms with E-state index >= 15 is 0 Å². The zero-order valence-corrected chi connectivity index (χ0v) is 9.22. The standard InChI is InChI=1S/C10H7NO2S.ClH/c12-10(13)9-4-3-8(14-9)7-2-1-5-11-6-7;/h1-6H,(H,12,13);1H. The minimum absolute atomic E-state index is 0. The zero-order chi connectivity index (χ0) is 9.97. The van der Waals surface area contributed by atoms with Gasteiger partial charge in [0.25, 0.3) is 0 Å². The van der Waals surface area contributed by atoms with Crippen LogP contribution in [0.15, 0.2) is 36.7 Å². The van der Waals surface area contributed by atoms with Crippen LogP contribution in [0.3, 0.4) is 0 Å². The first-order valence-corrected chi connectivity index (χ1v) is 4.82. The Hall–Kier alpha value is -1.39. The number of carbonyl (C=O) groups is 1. The van der Waals surface area contributed by atoms with E-state index in [1.54, 1.807) is 24.5 Å². The summed E-state index contributed by atoms with van der Waals surface area (Å²) in [6.45, 7) is 0. The molecule has 0 aliphatic heterocycles. The van der Waals surface area contributed by atoms with Crippen molar-refractivity contribution in [1.82, 2.24) is 4.98 Å². The van der Waals surface area contributed by atoms with Crippen LogP contribution in [0.1, 0.15) is 9.67 Å². The molecule has 1 N–H and O–H groups in total. The quantitative estimate of drug-likeness (QED) is 0.880. The lowest BCUT2D eigenvalue weighted by atomic mass is 10.2. The van der Waals surface area contributed by atoms with Gasteiger partial charge in [-0.1, -0.05) is 6.07 Å². The number of aromatic carboxylic acids is 1. The fourth-order valence-corrected chi connectivity index (χ4v) is 1.95. The van der Waals surface area contributed by atoms with Crippen LogP contribution in [0.4, 0.5) is 0 Å². The number of carboxylic acids is 1. The number of aromatic nitrogens is 1. The molecule has 2 aromatic rings. The molecule has 0 aliphatic carbocycles. The number of halogens is 1. The van der Waals surface area contributed by atoms with Crippen LogP contribution in [0.25, 0.3) is 10.4 Å². The fraction of sp³-hybridized carbons (Fsp3) is 0. The Kier molecular flexibility index (Phi) is 3.82. The topological polar surface area (TPSA) is 50.2 Å². The molecule has 0 unspecified atom stereocenters. The van der Waals surface area contributed by atoms with E-state index in [2.05, 4.69) is 4.98 Å². The second-order valence-electron chi connectivity index (χ2n) is 2.71. The Morgan fingerprint density at radius 3 is 2.67 bits per heavy atom. The van der Waals surface area contributed by atoms with Gasteiger partial charge in [-0.3, -0.25) is 4.98 Å². The Morgan fingerprint density at radius 2 is 2.13 bits per heavy atom. The minimum Gasteiger partial charge on any atom is -0.477 e. The van der Waals surface area contributed by atoms with Crippen LogP contribution in [0.2, 0.25) is 0 Å². The summed E-state index contributed by atoms with van der Waals surface area (Å²) in [6, 6.07) is 7.14. The summed E-state index contributed by atoms with van der Waals surface area (Å²) in [5, 5.41) is 8.74. The second kappa shape index (κ2) is 4.91. The molecule has 0 radical (unpaired) electrons. The molecule has 15 heavy (non-hydrogen) atoms. The van der Waals surface area contributed by atoms with Crippen molar-refractivity contribution >= 4 is 29.7 Å². The third-order valence-electron chi connectivity index (χ3n) is 1.76. The Morgan fingerprint density at radius 1 is 1.33 bits per heavy atom. The van der Waals surface area contributed by atoms with Gasteiger partial charge in [0.2, 0.25) is 0 Å². The van der Waals surface area contributed by atoms with Crippen molar-refractivity contribution in [3.63, 3.8) is 0 Å². The summed E-state index contributed by atoms with van der Waals surface area (Å²) < 4.78 is 0. The normalized spacial score (nSPS) is 9.33. The predicted molar refractivity (Wildman–Crippen MR) is 61.8 cm³/mol. The van der Waals surface area contributed by atoms with Gasteiger partial charge < -0.3 is 5.11 Å². The van der Waals surface area contributed by atoms with E-state index < -0.39 is 5.97 Å². The molecule has 5 heteroatoms. The fourth-order valence-electron chi connectivity index (χ4n) is 1.12. The van der Waals surface area contributed by atoms with E-state index in [0.717, 1.165) is 10.4 Å². The summed E-state index contributed by atoms with van der Waals surface area (Å²) in [7, 11) is 0. The highest BCUT2D eigenvalue weighted by Crippen LogP contribution is 2.27. The lowest BCUT2D eigenvalue weighted by Gasteiger charge is -1.93. The molecule has 0 fully saturated rings. The molecular formula is C10H8ClNO2S. The van der Waals surface area contributed by atoms with Crippen LogP contribution < -0.4 is 0 Å². The molecule has 0 saturated heterocycles. The van der Waals surface area contributed by atoms with Gasteiger partial charge in [0.1, 0.15) is 4.88 Å². The van der Waals surface area contributed by atoms with E-state index in [1.807, 2.05) is 12.1 Å². The maximum Gasteiger partial charge on any atom is 0.345 e. The second-order valence-corrected chi connectivity index (χ2v) is 3.79. The zero-order valence-electron chi connectivity index (χ0n) is 7.58. The summed E-state index contributed by atoms with van der Waals surface area (Å²) in [4.78, 5) is 15.9. The molecule has 2 heterocycles. The van der Waals surface area contributed by atoms with Gasteiger partial charge >= 0.3 is 5.97 Å². The van der Waals surface area contributed by atoms with Gasteiger partial charge in [-0.05, 0) is 18.2 Å². The van der Waals surface area contributed by atoms with E-state index in [0.29, 0.717) is 4.88 Å². The van der Waals surface area contributed by atoms with Gasteiger partial charge in [-0.25, -0.2) is 4.79 Å². The van der Waals surface area contributed by atoms with E-state index in [4.69, 9.17) is 5.11 Å². The first-order chi connectivity index (χ1) is 6.77. The van der Waals surface area contributed by atoms with Gasteiger partial charge in [0.15, 0.2) is 0 Å². The SMILES string of the molecule is Cl.O=C(O)c1ccc(-c2cccnc2)s1. The molecule has 0 bridgehead atoms. The third-order valence-corrected chi connectivity index (χ3v) is 2.89. The van der Waals surface area contributed by atoms with Crippen LogP contribution >= 0.6 is 23.7 Å². The lowest BCUT2D eigenvalue weighted by Crippen LogP contribution is -1.89. The summed E-state index contributed by atoms with van der Waals surface area (Å²) in [5.74, 6) is -0.884. The van der Waals surface area contributed by atoms with E-state index in [1.165, 1.54) is 11.3 Å². The van der Waals surface area contributed by atoms with Crippen molar-refractivity contribution in [2.45, 2.75) is 0 Å². The van der Waals surface area contributed by atoms with E-state index in [-0.39, 0.29) is 12.4 Å². The number of carboxylic acid groups (broad SMARTS) is 1. The van der Waals surface area contributed by atoms with Gasteiger partial charge in [0.05, 0.1) is 0 Å². The summed E-state index contributed by atoms with van der Waals surface area (Å²) >= 11 is 1.25. The first kappa shape index (κ1) is 11.7. The Labute approximate surface area is 96.8 Å². The highest BCUT2D eigenvalue weighted by molar-refractivity contribution is 7.17. The van der Waals surface area contributed by atoms with Crippen molar-refractivity contribution in [3.8, 4) is 10.4 Å². The number of rotatable bonds is 2. The molecule has 0 saturated carbocycles. The minimum atomic E-state index is -0.884. The smallest absolute Gasteiger partial charge is 0.345 e. The molecule has 78 valence electrons. The number of thiophene rings is 1. The third kappa shape index (κ3) is 2.55. The van der Waals surface area contributed by atoms with Crippen molar-refractivity contribution in [2.75, 3.05) is 0 Å². The maximum atomic E-state index is 10.6. The van der Waals surface area contributed by atoms with Crippen LogP contribution in [0.5, 0.6) is 0 Å². The van der Waals surface area contributed by atoms with Crippen LogP contribution in [-0.2, 0) is 0 Å². The van der Waals surface area contributed by atoms with Gasteiger partial charge in [-0.15, -0.1) is 23.7 Å². The monoisotopic (exact) mass is 241 g/mol. The average molecular weight is 242 g/mol. The Bertz CT molecular complexity index is 455. The van der Waals surface area contributed by atoms with Crippen molar-refractivity contribution in [3.05, 3.63) is 41.5 Å². The number of hydrogen-bond donors (Lipinski definition) is 1.